The van der Waals surface area contributed by atoms with Gasteiger partial charge in [-0.1, -0.05) is 5.16 Å². The summed E-state index contributed by atoms with van der Waals surface area (Å²) in [6.07, 6.45) is 0.910. The molecule has 2 aromatic rings. The summed E-state index contributed by atoms with van der Waals surface area (Å²) in [6.45, 7) is 2.93. The zero-order valence-electron chi connectivity index (χ0n) is 13.5. The lowest BCUT2D eigenvalue weighted by atomic mass is 9.98. The van der Waals surface area contributed by atoms with E-state index in [0.717, 1.165) is 12.0 Å². The van der Waals surface area contributed by atoms with Crippen LogP contribution in [0.3, 0.4) is 0 Å². The molecule has 3 rings (SSSR count). The van der Waals surface area contributed by atoms with Crippen molar-refractivity contribution in [2.45, 2.75) is 26.3 Å². The molecular weight excluding hydrogens is 298 g/mol. The molecule has 7 nitrogen and oxygen atoms in total. The van der Waals surface area contributed by atoms with Crippen molar-refractivity contribution >= 4 is 5.91 Å². The molecular formula is C16H19N3O4. The minimum atomic E-state index is -0.0194. The minimum absolute atomic E-state index is 0.0194. The van der Waals surface area contributed by atoms with Crippen molar-refractivity contribution in [1.29, 1.82) is 0 Å². The number of fused-ring (bicyclic) bond motifs is 1. The molecule has 0 saturated carbocycles. The fourth-order valence-corrected chi connectivity index (χ4v) is 2.75. The number of amides is 1. The van der Waals surface area contributed by atoms with Gasteiger partial charge in [0.15, 0.2) is 17.3 Å². The average Bonchev–Trinajstić information content (AvgIpc) is 2.97. The maximum Gasteiger partial charge on any atom is 0.236 e. The van der Waals surface area contributed by atoms with Crippen molar-refractivity contribution < 1.29 is 18.8 Å². The summed E-state index contributed by atoms with van der Waals surface area (Å²) in [5, 5.41) is 3.71. The number of carbonyl (C=O) groups is 1. The second kappa shape index (κ2) is 6.28. The molecule has 1 aromatic carbocycles. The summed E-state index contributed by atoms with van der Waals surface area (Å²) in [5.74, 6) is 2.26. The lowest BCUT2D eigenvalue weighted by Gasteiger charge is -2.29. The van der Waals surface area contributed by atoms with E-state index < -0.39 is 0 Å². The van der Waals surface area contributed by atoms with Gasteiger partial charge in [-0.25, -0.2) is 0 Å². The van der Waals surface area contributed by atoms with Crippen molar-refractivity contribution in [3.05, 3.63) is 35.0 Å². The van der Waals surface area contributed by atoms with E-state index in [1.165, 1.54) is 5.56 Å². The number of nitrogens with zero attached hydrogens (tertiary/aromatic N) is 3. The third kappa shape index (κ3) is 3.13. The zero-order valence-corrected chi connectivity index (χ0v) is 13.5. The third-order valence-electron chi connectivity index (χ3n) is 3.94. The number of methoxy groups -OCH3 is 2. The fourth-order valence-electron chi connectivity index (χ4n) is 2.75. The van der Waals surface area contributed by atoms with Crippen LogP contribution in [0.4, 0.5) is 0 Å². The quantitative estimate of drug-likeness (QED) is 0.851. The number of benzene rings is 1. The SMILES string of the molecule is COc1cc2c(cc1OC)CN(C(=O)Cc1nc(C)no1)CC2. The monoisotopic (exact) mass is 317 g/mol. The summed E-state index contributed by atoms with van der Waals surface area (Å²) in [4.78, 5) is 18.3. The Morgan fingerprint density at radius 1 is 1.26 bits per heavy atom. The average molecular weight is 317 g/mol. The molecule has 7 heteroatoms. The minimum Gasteiger partial charge on any atom is -0.493 e. The molecule has 1 amide bonds. The molecule has 0 spiro atoms. The Morgan fingerprint density at radius 3 is 2.57 bits per heavy atom. The Morgan fingerprint density at radius 2 is 1.96 bits per heavy atom. The first-order valence-electron chi connectivity index (χ1n) is 7.41. The normalized spacial score (nSPS) is 13.6. The van der Waals surface area contributed by atoms with Crippen LogP contribution in [0.1, 0.15) is 22.8 Å². The number of hydrogen-bond donors (Lipinski definition) is 0. The van der Waals surface area contributed by atoms with Crippen LogP contribution in [0.15, 0.2) is 16.7 Å². The Hall–Kier alpha value is -2.57. The Bertz CT molecular complexity index is 726. The van der Waals surface area contributed by atoms with Crippen molar-refractivity contribution in [1.82, 2.24) is 15.0 Å². The van der Waals surface area contributed by atoms with Gasteiger partial charge in [0.05, 0.1) is 14.2 Å². The summed E-state index contributed by atoms with van der Waals surface area (Å²) < 4.78 is 15.7. The molecule has 1 aromatic heterocycles. The molecule has 2 heterocycles. The maximum absolute atomic E-state index is 12.4. The number of aromatic nitrogens is 2. The highest BCUT2D eigenvalue weighted by Gasteiger charge is 2.24. The second-order valence-electron chi connectivity index (χ2n) is 5.45. The smallest absolute Gasteiger partial charge is 0.236 e. The van der Waals surface area contributed by atoms with Gasteiger partial charge in [0.1, 0.15) is 6.42 Å². The van der Waals surface area contributed by atoms with Crippen LogP contribution in [0.25, 0.3) is 0 Å². The van der Waals surface area contributed by atoms with Crippen molar-refractivity contribution in [3.8, 4) is 11.5 Å². The molecule has 0 fully saturated rings. The van der Waals surface area contributed by atoms with Gasteiger partial charge in [-0.05, 0) is 36.6 Å². The Balaban J connectivity index is 1.75. The van der Waals surface area contributed by atoms with E-state index in [4.69, 9.17) is 14.0 Å². The first kappa shape index (κ1) is 15.3. The van der Waals surface area contributed by atoms with Gasteiger partial charge in [0, 0.05) is 13.1 Å². The number of aryl methyl sites for hydroxylation is 1. The van der Waals surface area contributed by atoms with Gasteiger partial charge in [-0.3, -0.25) is 4.79 Å². The van der Waals surface area contributed by atoms with Crippen LogP contribution in [-0.4, -0.2) is 41.7 Å². The van der Waals surface area contributed by atoms with E-state index >= 15 is 0 Å². The highest BCUT2D eigenvalue weighted by atomic mass is 16.5. The van der Waals surface area contributed by atoms with E-state index in [-0.39, 0.29) is 12.3 Å². The molecule has 0 atom stereocenters. The van der Waals surface area contributed by atoms with Gasteiger partial charge in [-0.15, -0.1) is 0 Å². The Labute approximate surface area is 134 Å². The van der Waals surface area contributed by atoms with Crippen molar-refractivity contribution in [3.63, 3.8) is 0 Å². The van der Waals surface area contributed by atoms with Gasteiger partial charge in [0.2, 0.25) is 11.8 Å². The van der Waals surface area contributed by atoms with E-state index in [1.807, 2.05) is 12.1 Å². The van der Waals surface area contributed by atoms with Crippen LogP contribution in [0.5, 0.6) is 11.5 Å². The number of rotatable bonds is 4. The summed E-state index contributed by atoms with van der Waals surface area (Å²) in [7, 11) is 3.23. The largest absolute Gasteiger partial charge is 0.493 e. The molecule has 1 aliphatic heterocycles. The van der Waals surface area contributed by atoms with Crippen molar-refractivity contribution in [2.75, 3.05) is 20.8 Å². The maximum atomic E-state index is 12.4. The highest BCUT2D eigenvalue weighted by Crippen LogP contribution is 2.33. The predicted molar refractivity (Wildman–Crippen MR) is 81.4 cm³/mol. The molecule has 0 saturated heterocycles. The van der Waals surface area contributed by atoms with E-state index in [2.05, 4.69) is 10.1 Å². The van der Waals surface area contributed by atoms with Gasteiger partial charge in [0.25, 0.3) is 0 Å². The van der Waals surface area contributed by atoms with Crippen molar-refractivity contribution in [2.24, 2.45) is 0 Å². The topological polar surface area (TPSA) is 77.7 Å². The molecule has 0 N–H and O–H groups in total. The van der Waals surface area contributed by atoms with Crippen LogP contribution in [-0.2, 0) is 24.2 Å². The predicted octanol–water partition coefficient (Wildman–Crippen LogP) is 1.52. The number of hydrogen-bond acceptors (Lipinski definition) is 6. The molecule has 122 valence electrons. The molecule has 0 aliphatic carbocycles. The van der Waals surface area contributed by atoms with Crippen LogP contribution < -0.4 is 9.47 Å². The second-order valence-corrected chi connectivity index (χ2v) is 5.45. The Kier molecular flexibility index (Phi) is 4.18. The fraction of sp³-hybridized carbons (Fsp3) is 0.438. The summed E-state index contributed by atoms with van der Waals surface area (Å²) in [5.41, 5.74) is 2.25. The van der Waals surface area contributed by atoms with E-state index in [1.54, 1.807) is 26.0 Å². The molecule has 0 bridgehead atoms. The van der Waals surface area contributed by atoms with Gasteiger partial charge >= 0.3 is 0 Å². The van der Waals surface area contributed by atoms with Crippen LogP contribution in [0, 0.1) is 6.92 Å². The standard InChI is InChI=1S/C16H19N3O4/c1-10-17-15(23-18-10)8-16(20)19-5-4-11-6-13(21-2)14(22-3)7-12(11)9-19/h6-7H,4-5,8-9H2,1-3H3. The highest BCUT2D eigenvalue weighted by molar-refractivity contribution is 5.78. The zero-order chi connectivity index (χ0) is 16.4. The van der Waals surface area contributed by atoms with Crippen LogP contribution in [0.2, 0.25) is 0 Å². The summed E-state index contributed by atoms with van der Waals surface area (Å²) >= 11 is 0. The molecule has 0 unspecified atom stereocenters. The first-order chi connectivity index (χ1) is 11.1. The lowest BCUT2D eigenvalue weighted by molar-refractivity contribution is -0.131. The lowest BCUT2D eigenvalue weighted by Crippen LogP contribution is -2.37. The van der Waals surface area contributed by atoms with E-state index in [0.29, 0.717) is 36.3 Å². The molecule has 1 aliphatic rings. The molecule has 23 heavy (non-hydrogen) atoms. The summed E-state index contributed by atoms with van der Waals surface area (Å²) in [6, 6.07) is 3.92. The van der Waals surface area contributed by atoms with Crippen LogP contribution >= 0.6 is 0 Å². The van der Waals surface area contributed by atoms with Gasteiger partial charge < -0.3 is 18.9 Å². The first-order valence-corrected chi connectivity index (χ1v) is 7.41. The van der Waals surface area contributed by atoms with E-state index in [9.17, 15) is 4.79 Å². The molecule has 0 radical (unpaired) electrons. The van der Waals surface area contributed by atoms with Gasteiger partial charge in [-0.2, -0.15) is 4.98 Å². The number of ether oxygens (including phenoxy) is 2. The number of carbonyl (C=O) groups excluding carboxylic acids is 1. The third-order valence-corrected chi connectivity index (χ3v) is 3.94.